The largest absolute Gasteiger partial charge is 0.468 e. The van der Waals surface area contributed by atoms with Crippen LogP contribution in [0.25, 0.3) is 0 Å². The Hall–Kier alpha value is -1.77. The lowest BCUT2D eigenvalue weighted by atomic mass is 9.82. The molecule has 0 amide bonds. The van der Waals surface area contributed by atoms with E-state index in [1.54, 1.807) is 14.0 Å². The first kappa shape index (κ1) is 17.1. The SMILES string of the molecule is CC=C(C)C1C(C)=CC2(C)C1C2(C)c1oc(OC)c(C)c(=O)c1C. The summed E-state index contributed by atoms with van der Waals surface area (Å²) in [7, 11) is 1.55. The fourth-order valence-electron chi connectivity index (χ4n) is 5.21. The molecule has 24 heavy (non-hydrogen) atoms. The summed E-state index contributed by atoms with van der Waals surface area (Å²) in [5.41, 5.74) is 3.96. The molecule has 0 radical (unpaired) electrons. The molecule has 0 bridgehead atoms. The third kappa shape index (κ3) is 1.81. The summed E-state index contributed by atoms with van der Waals surface area (Å²) in [6.07, 6.45) is 4.59. The van der Waals surface area contributed by atoms with Crippen molar-refractivity contribution in [1.82, 2.24) is 0 Å². The first-order valence-corrected chi connectivity index (χ1v) is 8.66. The second kappa shape index (κ2) is 5.11. The second-order valence-electron chi connectivity index (χ2n) is 7.86. The molecule has 3 rings (SSSR count). The maximum Gasteiger partial charge on any atom is 0.291 e. The van der Waals surface area contributed by atoms with Gasteiger partial charge in [0.05, 0.1) is 12.7 Å². The van der Waals surface area contributed by atoms with Gasteiger partial charge in [-0.25, -0.2) is 0 Å². The van der Waals surface area contributed by atoms with Crippen molar-refractivity contribution >= 4 is 0 Å². The maximum absolute atomic E-state index is 12.6. The van der Waals surface area contributed by atoms with Crippen molar-refractivity contribution in [3.05, 3.63) is 50.4 Å². The van der Waals surface area contributed by atoms with E-state index in [0.29, 0.717) is 28.9 Å². The van der Waals surface area contributed by atoms with Gasteiger partial charge in [0.25, 0.3) is 5.95 Å². The summed E-state index contributed by atoms with van der Waals surface area (Å²) in [5, 5.41) is 0. The molecule has 0 N–H and O–H groups in total. The smallest absolute Gasteiger partial charge is 0.291 e. The number of ether oxygens (including phenoxy) is 1. The maximum atomic E-state index is 12.6. The lowest BCUT2D eigenvalue weighted by molar-refractivity contribution is 0.262. The predicted molar refractivity (Wildman–Crippen MR) is 96.6 cm³/mol. The molecule has 1 aromatic heterocycles. The van der Waals surface area contributed by atoms with E-state index in [4.69, 9.17) is 9.15 Å². The lowest BCUT2D eigenvalue weighted by Crippen LogP contribution is -2.23. The molecule has 0 aliphatic heterocycles. The van der Waals surface area contributed by atoms with E-state index in [1.165, 1.54) is 11.1 Å². The zero-order valence-corrected chi connectivity index (χ0v) is 16.0. The highest BCUT2D eigenvalue weighted by molar-refractivity contribution is 5.52. The van der Waals surface area contributed by atoms with Crippen molar-refractivity contribution in [2.24, 2.45) is 17.3 Å². The molecule has 4 unspecified atom stereocenters. The van der Waals surface area contributed by atoms with Gasteiger partial charge in [0, 0.05) is 22.3 Å². The number of hydrogen-bond acceptors (Lipinski definition) is 3. The number of hydrogen-bond donors (Lipinski definition) is 0. The van der Waals surface area contributed by atoms with Gasteiger partial charge in [-0.2, -0.15) is 0 Å². The molecular formula is C21H28O3. The Morgan fingerprint density at radius 2 is 1.88 bits per heavy atom. The van der Waals surface area contributed by atoms with E-state index in [2.05, 4.69) is 46.8 Å². The summed E-state index contributed by atoms with van der Waals surface area (Å²) < 4.78 is 11.4. The summed E-state index contributed by atoms with van der Waals surface area (Å²) in [6, 6.07) is 0. The summed E-state index contributed by atoms with van der Waals surface area (Å²) >= 11 is 0. The molecule has 130 valence electrons. The van der Waals surface area contributed by atoms with E-state index in [9.17, 15) is 4.79 Å². The summed E-state index contributed by atoms with van der Waals surface area (Å²) in [4.78, 5) is 12.6. The van der Waals surface area contributed by atoms with Crippen LogP contribution >= 0.6 is 0 Å². The lowest BCUT2D eigenvalue weighted by Gasteiger charge is -2.24. The van der Waals surface area contributed by atoms with E-state index in [-0.39, 0.29) is 16.3 Å². The van der Waals surface area contributed by atoms with Gasteiger partial charge < -0.3 is 9.15 Å². The van der Waals surface area contributed by atoms with E-state index >= 15 is 0 Å². The Morgan fingerprint density at radius 3 is 2.42 bits per heavy atom. The summed E-state index contributed by atoms with van der Waals surface area (Å²) in [5.74, 6) is 1.98. The van der Waals surface area contributed by atoms with Crippen molar-refractivity contribution in [1.29, 1.82) is 0 Å². The third-order valence-corrected chi connectivity index (χ3v) is 6.78. The van der Waals surface area contributed by atoms with Gasteiger partial charge in [-0.05, 0) is 40.5 Å². The van der Waals surface area contributed by atoms with Gasteiger partial charge in [0.1, 0.15) is 5.76 Å². The molecule has 2 aliphatic carbocycles. The van der Waals surface area contributed by atoms with Crippen LogP contribution in [0.3, 0.4) is 0 Å². The normalized spacial score (nSPS) is 34.8. The minimum absolute atomic E-state index is 0.0208. The third-order valence-electron chi connectivity index (χ3n) is 6.78. The van der Waals surface area contributed by atoms with Crippen molar-refractivity contribution in [2.45, 2.75) is 53.9 Å². The number of allylic oxidation sites excluding steroid dienone is 4. The number of methoxy groups -OCH3 is 1. The average molecular weight is 328 g/mol. The molecule has 3 nitrogen and oxygen atoms in total. The minimum Gasteiger partial charge on any atom is -0.468 e. The first-order chi connectivity index (χ1) is 11.1. The highest BCUT2D eigenvalue weighted by Crippen LogP contribution is 2.78. The van der Waals surface area contributed by atoms with Gasteiger partial charge in [0.15, 0.2) is 5.43 Å². The van der Waals surface area contributed by atoms with Crippen LogP contribution in [0.5, 0.6) is 5.95 Å². The van der Waals surface area contributed by atoms with Crippen LogP contribution in [0.15, 0.2) is 32.5 Å². The molecule has 1 saturated carbocycles. The van der Waals surface area contributed by atoms with Gasteiger partial charge in [0.2, 0.25) is 0 Å². The quantitative estimate of drug-likeness (QED) is 0.755. The van der Waals surface area contributed by atoms with Gasteiger partial charge in [-0.1, -0.05) is 37.1 Å². The molecule has 0 aromatic carbocycles. The Labute approximate surface area is 144 Å². The van der Waals surface area contributed by atoms with E-state index < -0.39 is 0 Å². The molecule has 3 heteroatoms. The van der Waals surface area contributed by atoms with E-state index in [1.807, 2.05) is 6.92 Å². The molecular weight excluding hydrogens is 300 g/mol. The Kier molecular flexibility index (Phi) is 3.63. The molecule has 4 atom stereocenters. The minimum atomic E-state index is -0.175. The molecule has 1 aromatic rings. The van der Waals surface area contributed by atoms with Crippen molar-refractivity contribution < 1.29 is 9.15 Å². The molecule has 0 spiro atoms. The molecule has 0 saturated heterocycles. The number of fused-ring (bicyclic) bond motifs is 1. The second-order valence-corrected chi connectivity index (χ2v) is 7.86. The van der Waals surface area contributed by atoms with Crippen molar-refractivity contribution in [3.63, 3.8) is 0 Å². The van der Waals surface area contributed by atoms with Crippen LogP contribution in [0.2, 0.25) is 0 Å². The highest BCUT2D eigenvalue weighted by Gasteiger charge is 2.77. The topological polar surface area (TPSA) is 39.4 Å². The van der Waals surface area contributed by atoms with Crippen molar-refractivity contribution in [2.75, 3.05) is 7.11 Å². The average Bonchev–Trinajstić information content (AvgIpc) is 2.86. The Morgan fingerprint density at radius 1 is 1.25 bits per heavy atom. The predicted octanol–water partition coefficient (Wildman–Crippen LogP) is 4.70. The Balaban J connectivity index is 2.19. The van der Waals surface area contributed by atoms with Crippen LogP contribution in [-0.2, 0) is 5.41 Å². The molecule has 2 aliphatic rings. The zero-order chi connectivity index (χ0) is 18.0. The summed E-state index contributed by atoms with van der Waals surface area (Å²) in [6.45, 7) is 14.7. The standard InChI is InChI=1S/C21H28O3/c1-9-11(2)15-12(3)10-20(6)17(15)21(20,7)18-13(4)16(22)14(5)19(23-8)24-18/h9-10,15,17H,1-8H3. The monoisotopic (exact) mass is 328 g/mol. The van der Waals surface area contributed by atoms with Crippen LogP contribution in [-0.4, -0.2) is 7.11 Å². The fourth-order valence-corrected chi connectivity index (χ4v) is 5.21. The molecule has 1 fully saturated rings. The Bertz CT molecular complexity index is 826. The van der Waals surface area contributed by atoms with Crippen LogP contribution in [0, 0.1) is 31.1 Å². The van der Waals surface area contributed by atoms with E-state index in [0.717, 1.165) is 5.76 Å². The van der Waals surface area contributed by atoms with Gasteiger partial charge in [-0.3, -0.25) is 4.79 Å². The van der Waals surface area contributed by atoms with Crippen LogP contribution in [0.4, 0.5) is 0 Å². The van der Waals surface area contributed by atoms with Gasteiger partial charge in [-0.15, -0.1) is 0 Å². The van der Waals surface area contributed by atoms with Gasteiger partial charge >= 0.3 is 0 Å². The molecule has 1 heterocycles. The number of rotatable bonds is 3. The van der Waals surface area contributed by atoms with Crippen LogP contribution < -0.4 is 10.2 Å². The van der Waals surface area contributed by atoms with Crippen LogP contribution in [0.1, 0.15) is 51.5 Å². The zero-order valence-electron chi connectivity index (χ0n) is 16.0. The first-order valence-electron chi connectivity index (χ1n) is 8.66. The fraction of sp³-hybridized carbons (Fsp3) is 0.571. The highest BCUT2D eigenvalue weighted by atomic mass is 16.6. The van der Waals surface area contributed by atoms with Crippen molar-refractivity contribution in [3.8, 4) is 5.95 Å².